The number of hydrogen-bond donors (Lipinski definition) is 3. The fourth-order valence-corrected chi connectivity index (χ4v) is 2.19. The molecule has 18 heavy (non-hydrogen) atoms. The summed E-state index contributed by atoms with van der Waals surface area (Å²) in [5.74, 6) is -0.407. The van der Waals surface area contributed by atoms with Crippen molar-refractivity contribution in [1.82, 2.24) is 4.72 Å². The first-order chi connectivity index (χ1) is 8.09. The molecule has 0 saturated heterocycles. The van der Waals surface area contributed by atoms with E-state index in [0.717, 1.165) is 0 Å². The highest BCUT2D eigenvalue weighted by molar-refractivity contribution is 9.10. The van der Waals surface area contributed by atoms with Gasteiger partial charge < -0.3 is 5.11 Å². The van der Waals surface area contributed by atoms with Crippen LogP contribution in [0.1, 0.15) is 0 Å². The van der Waals surface area contributed by atoms with E-state index in [0.29, 0.717) is 4.47 Å². The van der Waals surface area contributed by atoms with Crippen LogP contribution in [0.5, 0.6) is 5.75 Å². The van der Waals surface area contributed by atoms with Crippen molar-refractivity contribution in [2.75, 3.05) is 11.3 Å². The van der Waals surface area contributed by atoms with Gasteiger partial charge in [0.05, 0.1) is 5.69 Å². The predicted molar refractivity (Wildman–Crippen MR) is 62.4 cm³/mol. The second kappa shape index (κ2) is 5.33. The summed E-state index contributed by atoms with van der Waals surface area (Å²) in [4.78, 5) is 0. The molecule has 0 heterocycles. The second-order valence-corrected chi connectivity index (χ2v) is 5.62. The lowest BCUT2D eigenvalue weighted by molar-refractivity contribution is -0.121. The highest BCUT2D eigenvalue weighted by atomic mass is 79.9. The Balaban J connectivity index is 2.80. The van der Waals surface area contributed by atoms with Crippen LogP contribution in [0.15, 0.2) is 22.7 Å². The minimum Gasteiger partial charge on any atom is -0.506 e. The monoisotopic (exact) mass is 348 g/mol. The maximum absolute atomic E-state index is 11.9. The molecule has 102 valence electrons. The highest BCUT2D eigenvalue weighted by Crippen LogP contribution is 2.27. The van der Waals surface area contributed by atoms with Gasteiger partial charge in [0.1, 0.15) is 12.3 Å². The predicted octanol–water partition coefficient (Wildman–Crippen LogP) is 1.96. The maximum atomic E-state index is 11.9. The van der Waals surface area contributed by atoms with Crippen molar-refractivity contribution in [3.63, 3.8) is 0 Å². The van der Waals surface area contributed by atoms with Crippen LogP contribution in [0.25, 0.3) is 0 Å². The zero-order valence-electron chi connectivity index (χ0n) is 8.62. The Bertz CT molecular complexity index is 533. The normalized spacial score (nSPS) is 12.4. The molecule has 0 aliphatic heterocycles. The van der Waals surface area contributed by atoms with Crippen LogP contribution in [-0.2, 0) is 10.2 Å². The Hall–Kier alpha value is -1.00. The maximum Gasteiger partial charge on any atom is 0.402 e. The van der Waals surface area contributed by atoms with E-state index in [1.807, 2.05) is 0 Å². The van der Waals surface area contributed by atoms with E-state index in [9.17, 15) is 26.7 Å². The number of halogens is 4. The van der Waals surface area contributed by atoms with Gasteiger partial charge in [-0.3, -0.25) is 4.72 Å². The van der Waals surface area contributed by atoms with Crippen LogP contribution < -0.4 is 9.44 Å². The lowest BCUT2D eigenvalue weighted by Gasteiger charge is -2.12. The van der Waals surface area contributed by atoms with Crippen molar-refractivity contribution in [3.8, 4) is 5.75 Å². The van der Waals surface area contributed by atoms with Crippen LogP contribution >= 0.6 is 15.9 Å². The molecule has 0 aromatic heterocycles. The smallest absolute Gasteiger partial charge is 0.402 e. The number of nitrogens with one attached hydrogen (secondary N) is 2. The summed E-state index contributed by atoms with van der Waals surface area (Å²) in [6, 6.07) is 3.84. The highest BCUT2D eigenvalue weighted by Gasteiger charge is 2.29. The van der Waals surface area contributed by atoms with Crippen LogP contribution in [0.3, 0.4) is 0 Å². The van der Waals surface area contributed by atoms with Crippen LogP contribution in [0.2, 0.25) is 0 Å². The SMILES string of the molecule is O=S(=O)(NCC(F)(F)F)Nc1cc(Br)ccc1O. The number of alkyl halides is 3. The topological polar surface area (TPSA) is 78.4 Å². The number of aromatic hydroxyl groups is 1. The van der Waals surface area contributed by atoms with Gasteiger partial charge in [-0.25, -0.2) is 0 Å². The second-order valence-electron chi connectivity index (χ2n) is 3.20. The van der Waals surface area contributed by atoms with Crippen LogP contribution in [0, 0.1) is 0 Å². The summed E-state index contributed by atoms with van der Waals surface area (Å²) in [7, 11) is -4.41. The van der Waals surface area contributed by atoms with Gasteiger partial charge in [0.2, 0.25) is 0 Å². The molecule has 0 atom stereocenters. The standard InChI is InChI=1S/C8H8BrF3N2O3S/c9-5-1-2-7(15)6(3-5)14-18(16,17)13-4-8(10,11)12/h1-3,13-15H,4H2. The number of rotatable bonds is 4. The minimum atomic E-state index is -4.66. The van der Waals surface area contributed by atoms with E-state index >= 15 is 0 Å². The molecule has 10 heteroatoms. The van der Waals surface area contributed by atoms with Crippen molar-refractivity contribution in [1.29, 1.82) is 0 Å². The van der Waals surface area contributed by atoms with Crippen molar-refractivity contribution in [2.45, 2.75) is 6.18 Å². The summed E-state index contributed by atoms with van der Waals surface area (Å²) in [6.07, 6.45) is -4.66. The molecular weight excluding hydrogens is 341 g/mol. The Kier molecular flexibility index (Phi) is 4.46. The average molecular weight is 349 g/mol. The minimum absolute atomic E-state index is 0.237. The Morgan fingerprint density at radius 1 is 1.33 bits per heavy atom. The molecule has 0 amide bonds. The fraction of sp³-hybridized carbons (Fsp3) is 0.250. The van der Waals surface area contributed by atoms with Gasteiger partial charge in [0.25, 0.3) is 10.2 Å². The molecular formula is C8H8BrF3N2O3S. The first-order valence-corrected chi connectivity index (χ1v) is 6.69. The van der Waals surface area contributed by atoms with E-state index < -0.39 is 28.7 Å². The summed E-state index contributed by atoms with van der Waals surface area (Å²) >= 11 is 3.03. The van der Waals surface area contributed by atoms with E-state index in [1.165, 1.54) is 22.9 Å². The molecule has 5 nitrogen and oxygen atoms in total. The third-order valence-corrected chi connectivity index (χ3v) is 3.17. The zero-order chi connectivity index (χ0) is 14.0. The number of phenols is 1. The Morgan fingerprint density at radius 3 is 2.50 bits per heavy atom. The van der Waals surface area contributed by atoms with E-state index in [1.54, 1.807) is 4.72 Å². The van der Waals surface area contributed by atoms with Crippen molar-refractivity contribution in [2.24, 2.45) is 0 Å². The van der Waals surface area contributed by atoms with Gasteiger partial charge in [-0.1, -0.05) is 15.9 Å². The molecule has 0 radical (unpaired) electrons. The van der Waals surface area contributed by atoms with Gasteiger partial charge in [-0.2, -0.15) is 26.3 Å². The van der Waals surface area contributed by atoms with Crippen LogP contribution in [-0.4, -0.2) is 26.2 Å². The first kappa shape index (κ1) is 15.1. The molecule has 0 bridgehead atoms. The summed E-state index contributed by atoms with van der Waals surface area (Å²) in [5, 5.41) is 9.33. The molecule has 0 fully saturated rings. The molecule has 0 saturated carbocycles. The van der Waals surface area contributed by atoms with Gasteiger partial charge in [-0.05, 0) is 18.2 Å². The number of benzene rings is 1. The fourth-order valence-electron chi connectivity index (χ4n) is 0.948. The lowest BCUT2D eigenvalue weighted by atomic mass is 10.3. The summed E-state index contributed by atoms with van der Waals surface area (Å²) in [5.41, 5.74) is -0.237. The van der Waals surface area contributed by atoms with E-state index in [2.05, 4.69) is 15.9 Å². The quantitative estimate of drug-likeness (QED) is 0.728. The van der Waals surface area contributed by atoms with E-state index in [-0.39, 0.29) is 5.69 Å². The molecule has 1 rings (SSSR count). The molecule has 1 aromatic rings. The third-order valence-electron chi connectivity index (χ3n) is 1.67. The Morgan fingerprint density at radius 2 is 1.94 bits per heavy atom. The van der Waals surface area contributed by atoms with Gasteiger partial charge in [0.15, 0.2) is 0 Å². The summed E-state index contributed by atoms with van der Waals surface area (Å²) in [6.45, 7) is -1.70. The molecule has 0 unspecified atom stereocenters. The van der Waals surface area contributed by atoms with Crippen molar-refractivity contribution >= 4 is 31.8 Å². The molecule has 3 N–H and O–H groups in total. The van der Waals surface area contributed by atoms with Crippen molar-refractivity contribution < 1.29 is 26.7 Å². The number of phenolic OH excluding ortho intramolecular Hbond substituents is 1. The van der Waals surface area contributed by atoms with Gasteiger partial charge in [-0.15, -0.1) is 0 Å². The average Bonchev–Trinajstić information content (AvgIpc) is 2.20. The molecule has 0 spiro atoms. The largest absolute Gasteiger partial charge is 0.506 e. The van der Waals surface area contributed by atoms with Crippen molar-refractivity contribution in [3.05, 3.63) is 22.7 Å². The summed E-state index contributed by atoms with van der Waals surface area (Å²) < 4.78 is 61.6. The number of hydrogen-bond acceptors (Lipinski definition) is 3. The van der Waals surface area contributed by atoms with E-state index in [4.69, 9.17) is 0 Å². The zero-order valence-corrected chi connectivity index (χ0v) is 11.0. The lowest BCUT2D eigenvalue weighted by Crippen LogP contribution is -2.37. The molecule has 0 aliphatic carbocycles. The Labute approximate surface area is 109 Å². The molecule has 1 aromatic carbocycles. The molecule has 0 aliphatic rings. The third kappa shape index (κ3) is 5.10. The number of anilines is 1. The van der Waals surface area contributed by atoms with Crippen LogP contribution in [0.4, 0.5) is 18.9 Å². The van der Waals surface area contributed by atoms with Gasteiger partial charge >= 0.3 is 6.18 Å². The first-order valence-electron chi connectivity index (χ1n) is 4.42. The van der Waals surface area contributed by atoms with Gasteiger partial charge in [0, 0.05) is 4.47 Å².